The largest absolute Gasteiger partial charge is 0.481 e. The number of pyridine rings is 1. The second-order valence-corrected chi connectivity index (χ2v) is 7.55. The normalized spacial score (nSPS) is 16.2. The fraction of sp³-hybridized carbons (Fsp3) is 0.200. The number of aromatic nitrogens is 1. The third-order valence-electron chi connectivity index (χ3n) is 3.99. The number of benzene rings is 1. The Balaban J connectivity index is 1.50. The minimum Gasteiger partial charge on any atom is -0.481 e. The smallest absolute Gasteiger partial charge is 0.293 e. The molecular weight excluding hydrogens is 414 g/mol. The van der Waals surface area contributed by atoms with Crippen LogP contribution < -0.4 is 10.1 Å². The number of hydrogen-bond donors (Lipinski definition) is 1. The van der Waals surface area contributed by atoms with Gasteiger partial charge in [0, 0.05) is 30.5 Å². The Morgan fingerprint density at radius 1 is 1.31 bits per heavy atom. The highest BCUT2D eigenvalue weighted by Crippen LogP contribution is 2.31. The van der Waals surface area contributed by atoms with Crippen molar-refractivity contribution in [2.24, 2.45) is 0 Å². The van der Waals surface area contributed by atoms with E-state index in [0.717, 1.165) is 22.2 Å². The molecule has 29 heavy (non-hydrogen) atoms. The summed E-state index contributed by atoms with van der Waals surface area (Å²) in [5.41, 5.74) is 0.736. The van der Waals surface area contributed by atoms with Crippen LogP contribution in [0.3, 0.4) is 0 Å². The van der Waals surface area contributed by atoms with Crippen LogP contribution in [0.4, 0.5) is 4.79 Å². The minimum absolute atomic E-state index is 0.0778. The van der Waals surface area contributed by atoms with Gasteiger partial charge < -0.3 is 10.1 Å². The van der Waals surface area contributed by atoms with Crippen molar-refractivity contribution in [3.8, 4) is 5.75 Å². The highest BCUT2D eigenvalue weighted by atomic mass is 35.5. The number of rotatable bonds is 7. The van der Waals surface area contributed by atoms with Gasteiger partial charge in [-0.15, -0.1) is 0 Å². The number of ether oxygens (including phenoxy) is 1. The maximum atomic E-state index is 12.4. The fourth-order valence-corrected chi connectivity index (χ4v) is 3.50. The van der Waals surface area contributed by atoms with Crippen molar-refractivity contribution in [1.82, 2.24) is 15.2 Å². The summed E-state index contributed by atoms with van der Waals surface area (Å²) in [6.45, 7) is 1.82. The van der Waals surface area contributed by atoms with E-state index in [1.54, 1.807) is 61.8 Å². The molecule has 1 aliphatic rings. The molecule has 7 nitrogen and oxygen atoms in total. The summed E-state index contributed by atoms with van der Waals surface area (Å²) in [6.07, 6.45) is 4.12. The van der Waals surface area contributed by atoms with Crippen molar-refractivity contribution in [2.75, 3.05) is 13.1 Å². The molecule has 1 aromatic carbocycles. The quantitative estimate of drug-likeness (QED) is 0.676. The zero-order valence-corrected chi connectivity index (χ0v) is 17.1. The number of carbonyl (C=O) groups excluding carboxylic acids is 3. The van der Waals surface area contributed by atoms with E-state index in [9.17, 15) is 14.4 Å². The Kier molecular flexibility index (Phi) is 6.90. The second-order valence-electron chi connectivity index (χ2n) is 6.12. The predicted molar refractivity (Wildman–Crippen MR) is 111 cm³/mol. The van der Waals surface area contributed by atoms with Crippen molar-refractivity contribution in [2.45, 2.75) is 13.0 Å². The van der Waals surface area contributed by atoms with Gasteiger partial charge in [-0.3, -0.25) is 24.3 Å². The van der Waals surface area contributed by atoms with Gasteiger partial charge in [0.05, 0.1) is 4.91 Å². The van der Waals surface area contributed by atoms with Crippen molar-refractivity contribution in [3.63, 3.8) is 0 Å². The first-order chi connectivity index (χ1) is 13.9. The van der Waals surface area contributed by atoms with E-state index < -0.39 is 6.10 Å². The van der Waals surface area contributed by atoms with Crippen LogP contribution in [0.2, 0.25) is 5.02 Å². The molecule has 9 heteroatoms. The van der Waals surface area contributed by atoms with Gasteiger partial charge in [0.15, 0.2) is 6.10 Å². The molecule has 1 aromatic heterocycles. The van der Waals surface area contributed by atoms with Gasteiger partial charge >= 0.3 is 0 Å². The average molecular weight is 432 g/mol. The van der Waals surface area contributed by atoms with Gasteiger partial charge in [0.1, 0.15) is 5.75 Å². The minimum atomic E-state index is -0.739. The van der Waals surface area contributed by atoms with Crippen LogP contribution in [-0.4, -0.2) is 46.1 Å². The van der Waals surface area contributed by atoms with E-state index in [0.29, 0.717) is 15.7 Å². The number of halogens is 1. The monoisotopic (exact) mass is 431 g/mol. The zero-order valence-electron chi connectivity index (χ0n) is 15.5. The molecule has 1 saturated heterocycles. The van der Waals surface area contributed by atoms with Crippen LogP contribution >= 0.6 is 23.4 Å². The van der Waals surface area contributed by atoms with Crippen LogP contribution in [0, 0.1) is 0 Å². The third kappa shape index (κ3) is 5.58. The molecule has 150 valence electrons. The number of carbonyl (C=O) groups is 3. The Morgan fingerprint density at radius 3 is 2.76 bits per heavy atom. The molecule has 1 N–H and O–H groups in total. The lowest BCUT2D eigenvalue weighted by Gasteiger charge is -2.16. The molecule has 0 spiro atoms. The molecule has 0 radical (unpaired) electrons. The second kappa shape index (κ2) is 9.58. The first-order valence-electron chi connectivity index (χ1n) is 8.79. The standard InChI is InChI=1S/C20H18ClN3O4S/c1-13(28-16-6-4-15(21)5-7-16)18(25)23-9-10-24-19(26)17(29-20(24)27)11-14-3-2-8-22-12-14/h2-8,11-13H,9-10H2,1H3,(H,23,25)/b17-11+. The Bertz CT molecular complexity index is 935. The first kappa shape index (κ1) is 20.9. The summed E-state index contributed by atoms with van der Waals surface area (Å²) in [4.78, 5) is 42.2. The summed E-state index contributed by atoms with van der Waals surface area (Å²) >= 11 is 6.68. The number of imide groups is 1. The van der Waals surface area contributed by atoms with Gasteiger partial charge in [-0.05, 0) is 60.7 Å². The first-order valence-corrected chi connectivity index (χ1v) is 9.99. The number of thioether (sulfide) groups is 1. The zero-order chi connectivity index (χ0) is 20.8. The summed E-state index contributed by atoms with van der Waals surface area (Å²) < 4.78 is 5.54. The van der Waals surface area contributed by atoms with Crippen LogP contribution in [0.5, 0.6) is 5.75 Å². The molecular formula is C20H18ClN3O4S. The maximum absolute atomic E-state index is 12.4. The molecule has 1 aliphatic heterocycles. The van der Waals surface area contributed by atoms with Gasteiger partial charge in [-0.2, -0.15) is 0 Å². The van der Waals surface area contributed by atoms with E-state index in [2.05, 4.69) is 10.3 Å². The average Bonchev–Trinajstić information content (AvgIpc) is 2.97. The molecule has 0 bridgehead atoms. The number of amides is 3. The lowest BCUT2D eigenvalue weighted by Crippen LogP contribution is -2.41. The molecule has 2 heterocycles. The Morgan fingerprint density at radius 2 is 2.07 bits per heavy atom. The molecule has 0 aliphatic carbocycles. The third-order valence-corrected chi connectivity index (χ3v) is 5.15. The fourth-order valence-electron chi connectivity index (χ4n) is 2.51. The van der Waals surface area contributed by atoms with Crippen LogP contribution in [-0.2, 0) is 9.59 Å². The van der Waals surface area contributed by atoms with Gasteiger partial charge in [-0.25, -0.2) is 0 Å². The summed E-state index contributed by atoms with van der Waals surface area (Å²) in [7, 11) is 0. The van der Waals surface area contributed by atoms with Crippen LogP contribution in [0.15, 0.2) is 53.7 Å². The predicted octanol–water partition coefficient (Wildman–Crippen LogP) is 3.36. The van der Waals surface area contributed by atoms with Gasteiger partial charge in [0.25, 0.3) is 17.1 Å². The Hall–Kier alpha value is -2.84. The molecule has 3 rings (SSSR count). The van der Waals surface area contributed by atoms with Gasteiger partial charge in [-0.1, -0.05) is 17.7 Å². The van der Waals surface area contributed by atoms with Crippen molar-refractivity contribution >= 4 is 46.5 Å². The van der Waals surface area contributed by atoms with E-state index in [1.807, 2.05) is 0 Å². The topological polar surface area (TPSA) is 88.6 Å². The van der Waals surface area contributed by atoms with E-state index in [4.69, 9.17) is 16.3 Å². The molecule has 1 fully saturated rings. The van der Waals surface area contributed by atoms with Crippen LogP contribution in [0.25, 0.3) is 6.08 Å². The van der Waals surface area contributed by atoms with Gasteiger partial charge in [0.2, 0.25) is 0 Å². The molecule has 0 saturated carbocycles. The van der Waals surface area contributed by atoms with Crippen molar-refractivity contribution < 1.29 is 19.1 Å². The summed E-state index contributed by atoms with van der Waals surface area (Å²) in [5, 5.41) is 2.87. The molecule has 1 atom stereocenters. The van der Waals surface area contributed by atoms with Crippen molar-refractivity contribution in [1.29, 1.82) is 0 Å². The number of nitrogens with zero attached hydrogens (tertiary/aromatic N) is 2. The number of nitrogens with one attached hydrogen (secondary N) is 1. The highest BCUT2D eigenvalue weighted by Gasteiger charge is 2.34. The molecule has 2 aromatic rings. The Labute approximate surface area is 177 Å². The highest BCUT2D eigenvalue weighted by molar-refractivity contribution is 8.18. The molecule has 3 amide bonds. The molecule has 1 unspecified atom stereocenters. The van der Waals surface area contributed by atoms with Crippen LogP contribution in [0.1, 0.15) is 12.5 Å². The SMILES string of the molecule is CC(Oc1ccc(Cl)cc1)C(=O)NCCN1C(=O)S/C(=C/c2cccnc2)C1=O. The maximum Gasteiger partial charge on any atom is 0.293 e. The van der Waals surface area contributed by atoms with E-state index in [-0.39, 0.29) is 30.1 Å². The van der Waals surface area contributed by atoms with E-state index in [1.165, 1.54) is 0 Å². The van der Waals surface area contributed by atoms with E-state index >= 15 is 0 Å². The lowest BCUT2D eigenvalue weighted by molar-refractivity contribution is -0.128. The lowest BCUT2D eigenvalue weighted by atomic mass is 10.2. The number of hydrogen-bond acceptors (Lipinski definition) is 6. The van der Waals surface area contributed by atoms with Crippen molar-refractivity contribution in [3.05, 3.63) is 64.3 Å². The summed E-state index contributed by atoms with van der Waals surface area (Å²) in [6, 6.07) is 10.2. The summed E-state index contributed by atoms with van der Waals surface area (Å²) in [5.74, 6) is -0.218.